The minimum Gasteiger partial charge on any atom is -0.480 e. The number of rotatable bonds is 5. The van der Waals surface area contributed by atoms with Crippen LogP contribution in [0.2, 0.25) is 0 Å². The molecule has 1 fully saturated rings. The molecule has 1 aliphatic rings. The Bertz CT molecular complexity index is 329. The molecule has 0 aromatic carbocycles. The van der Waals surface area contributed by atoms with E-state index in [1.165, 1.54) is 4.90 Å². The maximum atomic E-state index is 11.4. The SMILES string of the molecule is CCCCC(C(=O)O)N1CC(=O)NC(=O)C1C. The minimum absolute atomic E-state index is 0.0341. The van der Waals surface area contributed by atoms with Crippen molar-refractivity contribution in [3.63, 3.8) is 0 Å². The standard InChI is InChI=1S/C11H18N2O4/c1-3-4-5-8(11(16)17)13-6-9(14)12-10(15)7(13)2/h7-8H,3-6H2,1-2H3,(H,16,17)(H,12,14,15). The number of hydrogen-bond acceptors (Lipinski definition) is 4. The molecule has 2 N–H and O–H groups in total. The lowest BCUT2D eigenvalue weighted by atomic mass is 10.0. The lowest BCUT2D eigenvalue weighted by molar-refractivity contribution is -0.150. The fourth-order valence-corrected chi connectivity index (χ4v) is 1.94. The Hall–Kier alpha value is -1.43. The number of carbonyl (C=O) groups is 3. The minimum atomic E-state index is -0.979. The summed E-state index contributed by atoms with van der Waals surface area (Å²) in [7, 11) is 0. The van der Waals surface area contributed by atoms with E-state index >= 15 is 0 Å². The summed E-state index contributed by atoms with van der Waals surface area (Å²) in [5.74, 6) is -1.84. The van der Waals surface area contributed by atoms with Crippen LogP contribution in [0.3, 0.4) is 0 Å². The maximum Gasteiger partial charge on any atom is 0.320 e. The van der Waals surface area contributed by atoms with Crippen molar-refractivity contribution >= 4 is 17.8 Å². The fourth-order valence-electron chi connectivity index (χ4n) is 1.94. The third-order valence-corrected chi connectivity index (χ3v) is 2.98. The molecule has 0 spiro atoms. The number of aliphatic carboxylic acids is 1. The van der Waals surface area contributed by atoms with Crippen LogP contribution in [0.15, 0.2) is 0 Å². The van der Waals surface area contributed by atoms with Crippen molar-refractivity contribution in [2.45, 2.75) is 45.2 Å². The van der Waals surface area contributed by atoms with Crippen LogP contribution in [-0.2, 0) is 14.4 Å². The van der Waals surface area contributed by atoms with Gasteiger partial charge in [-0.25, -0.2) is 0 Å². The van der Waals surface area contributed by atoms with E-state index in [2.05, 4.69) is 5.32 Å². The van der Waals surface area contributed by atoms with Gasteiger partial charge in [0.1, 0.15) is 6.04 Å². The molecule has 1 saturated heterocycles. The normalized spacial score (nSPS) is 23.3. The molecule has 0 aliphatic carbocycles. The second-order valence-electron chi connectivity index (χ2n) is 4.26. The Balaban J connectivity index is 2.80. The van der Waals surface area contributed by atoms with E-state index in [0.29, 0.717) is 6.42 Å². The molecule has 0 aromatic heterocycles. The quantitative estimate of drug-likeness (QED) is 0.661. The topological polar surface area (TPSA) is 86.7 Å². The summed E-state index contributed by atoms with van der Waals surface area (Å²) in [6, 6.07) is -1.34. The van der Waals surface area contributed by atoms with Crippen LogP contribution < -0.4 is 5.32 Å². The van der Waals surface area contributed by atoms with E-state index in [9.17, 15) is 14.4 Å². The largest absolute Gasteiger partial charge is 0.480 e. The van der Waals surface area contributed by atoms with Gasteiger partial charge in [-0.2, -0.15) is 0 Å². The molecule has 0 bridgehead atoms. The van der Waals surface area contributed by atoms with E-state index in [-0.39, 0.29) is 6.54 Å². The molecular weight excluding hydrogens is 224 g/mol. The molecule has 6 heteroatoms. The lowest BCUT2D eigenvalue weighted by Crippen LogP contribution is -2.61. The highest BCUT2D eigenvalue weighted by atomic mass is 16.4. The van der Waals surface area contributed by atoms with E-state index < -0.39 is 29.9 Å². The summed E-state index contributed by atoms with van der Waals surface area (Å²) in [6.45, 7) is 3.55. The van der Waals surface area contributed by atoms with Crippen LogP contribution in [0.25, 0.3) is 0 Å². The highest BCUT2D eigenvalue weighted by Gasteiger charge is 2.37. The number of carboxylic acid groups (broad SMARTS) is 1. The van der Waals surface area contributed by atoms with Gasteiger partial charge in [-0.1, -0.05) is 19.8 Å². The number of imide groups is 1. The molecule has 96 valence electrons. The van der Waals surface area contributed by atoms with E-state index in [0.717, 1.165) is 12.8 Å². The summed E-state index contributed by atoms with van der Waals surface area (Å²) in [5, 5.41) is 11.4. The highest BCUT2D eigenvalue weighted by Crippen LogP contribution is 2.15. The van der Waals surface area contributed by atoms with Gasteiger partial charge >= 0.3 is 5.97 Å². The number of carboxylic acids is 1. The first kappa shape index (κ1) is 13.6. The smallest absolute Gasteiger partial charge is 0.320 e. The first-order chi connectivity index (χ1) is 7.97. The van der Waals surface area contributed by atoms with Crippen LogP contribution in [0.1, 0.15) is 33.1 Å². The van der Waals surface area contributed by atoms with Gasteiger partial charge in [0.2, 0.25) is 11.8 Å². The zero-order chi connectivity index (χ0) is 13.0. The van der Waals surface area contributed by atoms with Crippen molar-refractivity contribution in [2.24, 2.45) is 0 Å². The van der Waals surface area contributed by atoms with Crippen molar-refractivity contribution in [1.29, 1.82) is 0 Å². The molecular formula is C11H18N2O4. The summed E-state index contributed by atoms with van der Waals surface area (Å²) in [5.41, 5.74) is 0. The Morgan fingerprint density at radius 3 is 2.76 bits per heavy atom. The second kappa shape index (κ2) is 5.77. The molecule has 1 rings (SSSR count). The van der Waals surface area contributed by atoms with Crippen LogP contribution in [0.5, 0.6) is 0 Å². The van der Waals surface area contributed by atoms with Crippen molar-refractivity contribution in [2.75, 3.05) is 6.54 Å². The van der Waals surface area contributed by atoms with E-state index in [4.69, 9.17) is 5.11 Å². The predicted octanol–water partition coefficient (Wildman–Crippen LogP) is -0.0233. The summed E-state index contributed by atoms with van der Waals surface area (Å²) < 4.78 is 0. The number of hydrogen-bond donors (Lipinski definition) is 2. The number of piperazine rings is 1. The summed E-state index contributed by atoms with van der Waals surface area (Å²) >= 11 is 0. The maximum absolute atomic E-state index is 11.4. The molecule has 1 heterocycles. The van der Waals surface area contributed by atoms with Gasteiger partial charge in [-0.15, -0.1) is 0 Å². The van der Waals surface area contributed by atoms with Crippen molar-refractivity contribution in [3.8, 4) is 0 Å². The Kier molecular flexibility index (Phi) is 4.62. The molecule has 2 unspecified atom stereocenters. The molecule has 0 radical (unpaired) electrons. The molecule has 17 heavy (non-hydrogen) atoms. The van der Waals surface area contributed by atoms with Gasteiger partial charge in [-0.3, -0.25) is 24.6 Å². The molecule has 2 atom stereocenters. The van der Waals surface area contributed by atoms with Gasteiger partial charge in [0.25, 0.3) is 0 Å². The molecule has 2 amide bonds. The average Bonchev–Trinajstić information content (AvgIpc) is 2.24. The highest BCUT2D eigenvalue weighted by molar-refractivity contribution is 6.01. The average molecular weight is 242 g/mol. The zero-order valence-electron chi connectivity index (χ0n) is 10.1. The Labute approximate surface area is 100.0 Å². The van der Waals surface area contributed by atoms with Crippen LogP contribution in [-0.4, -0.2) is 46.4 Å². The van der Waals surface area contributed by atoms with Crippen LogP contribution in [0.4, 0.5) is 0 Å². The van der Waals surface area contributed by atoms with E-state index in [1.54, 1.807) is 6.92 Å². The Morgan fingerprint density at radius 1 is 1.59 bits per heavy atom. The van der Waals surface area contributed by atoms with Crippen LogP contribution in [0, 0.1) is 0 Å². The van der Waals surface area contributed by atoms with Crippen LogP contribution >= 0.6 is 0 Å². The molecule has 0 aromatic rings. The van der Waals surface area contributed by atoms with Crippen molar-refractivity contribution in [1.82, 2.24) is 10.2 Å². The number of nitrogens with zero attached hydrogens (tertiary/aromatic N) is 1. The monoisotopic (exact) mass is 242 g/mol. The van der Waals surface area contributed by atoms with E-state index in [1.807, 2.05) is 6.92 Å². The fraction of sp³-hybridized carbons (Fsp3) is 0.727. The Morgan fingerprint density at radius 2 is 2.24 bits per heavy atom. The number of unbranched alkanes of at least 4 members (excludes halogenated alkanes) is 1. The van der Waals surface area contributed by atoms with Gasteiger partial charge < -0.3 is 5.11 Å². The number of amides is 2. The molecule has 1 aliphatic heterocycles. The molecule has 0 saturated carbocycles. The number of carbonyl (C=O) groups excluding carboxylic acids is 2. The zero-order valence-corrected chi connectivity index (χ0v) is 10.1. The third-order valence-electron chi connectivity index (χ3n) is 2.98. The first-order valence-corrected chi connectivity index (χ1v) is 5.79. The number of nitrogens with one attached hydrogen (secondary N) is 1. The van der Waals surface area contributed by atoms with Gasteiger partial charge in [0.05, 0.1) is 12.6 Å². The van der Waals surface area contributed by atoms with Crippen molar-refractivity contribution < 1.29 is 19.5 Å². The van der Waals surface area contributed by atoms with Gasteiger partial charge in [0.15, 0.2) is 0 Å². The van der Waals surface area contributed by atoms with Gasteiger partial charge in [0, 0.05) is 0 Å². The lowest BCUT2D eigenvalue weighted by Gasteiger charge is -2.35. The summed E-state index contributed by atoms with van der Waals surface area (Å²) in [6.07, 6.45) is 2.10. The third kappa shape index (κ3) is 3.26. The van der Waals surface area contributed by atoms with Crippen molar-refractivity contribution in [3.05, 3.63) is 0 Å². The predicted molar refractivity (Wildman–Crippen MR) is 60.3 cm³/mol. The second-order valence-corrected chi connectivity index (χ2v) is 4.26. The molecule has 6 nitrogen and oxygen atoms in total. The summed E-state index contributed by atoms with van der Waals surface area (Å²) in [4.78, 5) is 35.3. The first-order valence-electron chi connectivity index (χ1n) is 5.79. The van der Waals surface area contributed by atoms with Gasteiger partial charge in [-0.05, 0) is 13.3 Å².